The van der Waals surface area contributed by atoms with Gasteiger partial charge < -0.3 is 152 Å². The lowest BCUT2D eigenvalue weighted by Gasteiger charge is -2.39. The summed E-state index contributed by atoms with van der Waals surface area (Å²) in [4.78, 5) is 136. The quantitative estimate of drug-likeness (QED) is 0.0213. The molecule has 1 aromatic carbocycles. The fourth-order valence-electron chi connectivity index (χ4n) is 12.4. The molecule has 0 unspecified atom stereocenters. The molecule has 0 aliphatic carbocycles. The summed E-state index contributed by atoms with van der Waals surface area (Å²) in [6.45, 7) is 0.121. The summed E-state index contributed by atoms with van der Waals surface area (Å²) in [5.41, 5.74) is 0.868. The zero-order valence-corrected chi connectivity index (χ0v) is 65.3. The molecule has 1 aromatic rings. The van der Waals surface area contributed by atoms with Gasteiger partial charge in [0.05, 0.1) is 109 Å². The van der Waals surface area contributed by atoms with E-state index in [2.05, 4.69) is 42.5 Å². The second kappa shape index (κ2) is 52.7. The maximum Gasteiger partial charge on any atom is 0.317 e. The van der Waals surface area contributed by atoms with Crippen LogP contribution in [0.2, 0.25) is 0 Å². The van der Waals surface area contributed by atoms with E-state index in [1.807, 2.05) is 30.3 Å². The molecule has 5 rings (SSSR count). The summed E-state index contributed by atoms with van der Waals surface area (Å²) in [6, 6.07) is 7.90. The first-order valence-corrected chi connectivity index (χ1v) is 38.7. The SMILES string of the molecule is C[C@@H]1O[C@@H](OCCNC(=O)CN(CC(=O)NCCO[C@@H]2O[C@@H](C)[C@@H](O)[C@@H](O)[C@@H]2O)[C@@H](CCCCNC(=O)CN(CC(=O)NCCCCCNC(=O)CN(CC(=O)O)CC(=O)NCCCCCC(=O)OCc2ccccc2)CC(=O)NCCO[C@H]2O[C@H](C)[C@H](O)[C@H](O)[C@H]2O)C(=O)NCCO[C@@H]2O[C@@H](C)[C@@H](O)[C@@H](O)[C@@H]2O)[C@@H](O)[C@H](O)[C@@H]1O. The number of carbonyl (C=O) groups is 10. The van der Waals surface area contributed by atoms with E-state index in [1.54, 1.807) is 0 Å². The van der Waals surface area contributed by atoms with Crippen LogP contribution in [0.3, 0.4) is 0 Å². The first-order valence-electron chi connectivity index (χ1n) is 38.7. The van der Waals surface area contributed by atoms with Crippen molar-refractivity contribution in [3.05, 3.63) is 35.9 Å². The van der Waals surface area contributed by atoms with Crippen LogP contribution in [0.15, 0.2) is 30.3 Å². The molecule has 43 nitrogen and oxygen atoms in total. The summed E-state index contributed by atoms with van der Waals surface area (Å²) >= 11 is 0. The zero-order chi connectivity index (χ0) is 84.7. The fourth-order valence-corrected chi connectivity index (χ4v) is 12.4. The lowest BCUT2D eigenvalue weighted by molar-refractivity contribution is -0.292. The normalized spacial score (nSPS) is 27.7. The minimum absolute atomic E-state index is 0.0747. The summed E-state index contributed by atoms with van der Waals surface area (Å²) < 4.78 is 49.4. The van der Waals surface area contributed by atoms with Crippen LogP contribution >= 0.6 is 0 Å². The highest BCUT2D eigenvalue weighted by molar-refractivity contribution is 5.87. The number of unbranched alkanes of at least 4 members (excludes halogenated alkanes) is 5. The van der Waals surface area contributed by atoms with Crippen LogP contribution < -0.4 is 42.5 Å². The molecule has 0 spiro atoms. The van der Waals surface area contributed by atoms with Crippen molar-refractivity contribution in [2.75, 3.05) is 131 Å². The van der Waals surface area contributed by atoms with Gasteiger partial charge in [0.25, 0.3) is 0 Å². The summed E-state index contributed by atoms with van der Waals surface area (Å²) in [5.74, 6) is -6.85. The van der Waals surface area contributed by atoms with Gasteiger partial charge in [0.1, 0.15) is 79.9 Å². The van der Waals surface area contributed by atoms with Gasteiger partial charge in [-0.3, -0.25) is 62.6 Å². The van der Waals surface area contributed by atoms with Crippen molar-refractivity contribution in [3.8, 4) is 0 Å². The van der Waals surface area contributed by atoms with Crippen LogP contribution in [0.4, 0.5) is 0 Å². The average Bonchev–Trinajstić information content (AvgIpc) is 0.841. The van der Waals surface area contributed by atoms with Gasteiger partial charge in [0.15, 0.2) is 25.2 Å². The van der Waals surface area contributed by atoms with Crippen LogP contribution in [0.5, 0.6) is 0 Å². The molecule has 4 aliphatic rings. The molecule has 4 fully saturated rings. The second-order valence-electron chi connectivity index (χ2n) is 28.6. The smallest absolute Gasteiger partial charge is 0.317 e. The number of nitrogens with zero attached hydrogens (tertiary/aromatic N) is 3. The standard InChI is InChI=1S/C72H121N11O32/c1-41-56(94)60(98)64(102)69(112-41)107-28-24-77-51(88)34-81(32-47(84)74-21-13-7-14-22-75-50(87)36-82(39-54(91)92)35-49(86)73-20-12-6-10-19-55(93)111-40-45-16-8-5-9-17-45)33-48(85)76-23-15-11-18-46(68(106)80-27-31-110-72-67(105)63(101)59(97)44(4)115-72)83(37-52(89)78-25-29-108-70-65(103)61(99)57(95)42(2)113-70)38-53(90)79-26-30-109-71-66(104)62(100)58(96)43(3)114-71/h5,8-9,16-17,41-44,46,56-67,69-72,94-105H,6-7,10-15,18-40H2,1-4H3,(H,73,86)(H,74,84)(H,75,87)(H,76,85)(H,77,88)(H,78,89)(H,79,90)(H,80,106)(H,91,92)/t41-,42+,43+,44+,46+,56+,57-,58-,59-,60+,61-,62-,63-,64-,65+,66+,67+,69+,70-,71-,72-/m1/s1. The van der Waals surface area contributed by atoms with Gasteiger partial charge in [-0.05, 0) is 84.6 Å². The first kappa shape index (κ1) is 98.6. The van der Waals surface area contributed by atoms with Gasteiger partial charge in [-0.25, -0.2) is 0 Å². The van der Waals surface area contributed by atoms with Crippen LogP contribution in [0.25, 0.3) is 0 Å². The molecule has 0 bridgehead atoms. The van der Waals surface area contributed by atoms with Gasteiger partial charge in [-0.15, -0.1) is 0 Å². The van der Waals surface area contributed by atoms with Crippen molar-refractivity contribution in [2.24, 2.45) is 0 Å². The molecule has 656 valence electrons. The molecule has 0 radical (unpaired) electrons. The minimum atomic E-state index is -1.68. The molecule has 4 heterocycles. The molecule has 8 amide bonds. The Hall–Kier alpha value is -7.00. The van der Waals surface area contributed by atoms with E-state index in [9.17, 15) is 114 Å². The van der Waals surface area contributed by atoms with E-state index in [4.69, 9.17) is 42.6 Å². The Balaban J connectivity index is 1.17. The largest absolute Gasteiger partial charge is 0.480 e. The number of aliphatic carboxylic acids is 1. The number of aliphatic hydroxyl groups is 12. The highest BCUT2D eigenvalue weighted by atomic mass is 16.7. The molecule has 4 saturated heterocycles. The van der Waals surface area contributed by atoms with E-state index in [-0.39, 0.29) is 124 Å². The van der Waals surface area contributed by atoms with E-state index < -0.39 is 228 Å². The number of benzene rings is 1. The summed E-state index contributed by atoms with van der Waals surface area (Å²) in [5, 5.41) is 154. The Morgan fingerprint density at radius 2 is 0.652 bits per heavy atom. The number of esters is 1. The Morgan fingerprint density at radius 3 is 0.991 bits per heavy atom. The van der Waals surface area contributed by atoms with Crippen molar-refractivity contribution >= 4 is 59.2 Å². The number of hydrogen-bond acceptors (Lipinski definition) is 34. The lowest BCUT2D eigenvalue weighted by atomic mass is 10.0. The highest BCUT2D eigenvalue weighted by Gasteiger charge is 2.46. The second-order valence-corrected chi connectivity index (χ2v) is 28.6. The molecule has 21 atom stereocenters. The van der Waals surface area contributed by atoms with Crippen LogP contribution in [-0.2, 0) is 97.2 Å². The Bertz CT molecular complexity index is 3060. The van der Waals surface area contributed by atoms with Gasteiger partial charge in [0.2, 0.25) is 47.3 Å². The van der Waals surface area contributed by atoms with Gasteiger partial charge in [-0.1, -0.05) is 36.8 Å². The molecule has 115 heavy (non-hydrogen) atoms. The first-order chi connectivity index (χ1) is 54.7. The molecular formula is C72H121N11O32. The third kappa shape index (κ3) is 36.0. The Labute approximate surface area is 665 Å². The van der Waals surface area contributed by atoms with Crippen molar-refractivity contribution < 1.29 is 157 Å². The Kier molecular flexibility index (Phi) is 45.2. The molecule has 4 aliphatic heterocycles. The maximum absolute atomic E-state index is 14.4. The fraction of sp³-hybridized carbons (Fsp3) is 0.778. The molecule has 0 saturated carbocycles. The molecular weight excluding hydrogens is 1530 g/mol. The number of nitrogens with one attached hydrogen (secondary N) is 8. The van der Waals surface area contributed by atoms with Crippen molar-refractivity contribution in [2.45, 2.75) is 227 Å². The van der Waals surface area contributed by atoms with E-state index in [1.165, 1.54) is 42.4 Å². The Morgan fingerprint density at radius 1 is 0.357 bits per heavy atom. The van der Waals surface area contributed by atoms with Gasteiger partial charge in [-0.2, -0.15) is 0 Å². The van der Waals surface area contributed by atoms with Crippen LogP contribution in [0.1, 0.15) is 97.5 Å². The number of rotatable bonds is 53. The van der Waals surface area contributed by atoms with E-state index in [0.717, 1.165) is 5.56 Å². The third-order valence-corrected chi connectivity index (χ3v) is 19.0. The molecule has 0 aromatic heterocycles. The molecule has 43 heteroatoms. The number of carboxylic acid groups (broad SMARTS) is 1. The monoisotopic (exact) mass is 1650 g/mol. The number of hydrogen-bond donors (Lipinski definition) is 21. The zero-order valence-electron chi connectivity index (χ0n) is 65.3. The van der Waals surface area contributed by atoms with Gasteiger partial charge in [0, 0.05) is 58.8 Å². The van der Waals surface area contributed by atoms with E-state index >= 15 is 0 Å². The number of aliphatic hydroxyl groups excluding tert-OH is 12. The predicted octanol–water partition coefficient (Wildman–Crippen LogP) is -9.70. The topological polar surface area (TPSA) is 623 Å². The number of amides is 8. The highest BCUT2D eigenvalue weighted by Crippen LogP contribution is 2.26. The van der Waals surface area contributed by atoms with Crippen molar-refractivity contribution in [1.29, 1.82) is 0 Å². The number of ether oxygens (including phenoxy) is 9. The summed E-state index contributed by atoms with van der Waals surface area (Å²) in [7, 11) is 0. The minimum Gasteiger partial charge on any atom is -0.480 e. The van der Waals surface area contributed by atoms with Crippen LogP contribution in [0, 0.1) is 0 Å². The predicted molar refractivity (Wildman–Crippen MR) is 396 cm³/mol. The van der Waals surface area contributed by atoms with Crippen molar-refractivity contribution in [1.82, 2.24) is 57.2 Å². The maximum atomic E-state index is 14.4. The average molecular weight is 1650 g/mol. The number of carboxylic acids is 1. The van der Waals surface area contributed by atoms with Crippen LogP contribution in [-0.4, -0.2) is 400 Å². The third-order valence-electron chi connectivity index (χ3n) is 19.0. The lowest BCUT2D eigenvalue weighted by Crippen LogP contribution is -2.58. The number of carbonyl (C=O) groups excluding carboxylic acids is 9. The molecule has 21 N–H and O–H groups in total. The van der Waals surface area contributed by atoms with Gasteiger partial charge >= 0.3 is 11.9 Å². The van der Waals surface area contributed by atoms with Crippen molar-refractivity contribution in [3.63, 3.8) is 0 Å². The van der Waals surface area contributed by atoms with E-state index in [0.29, 0.717) is 38.5 Å². The summed E-state index contributed by atoms with van der Waals surface area (Å²) in [6.07, 6.45) is -24.7.